The molecule has 0 fully saturated rings. The summed E-state index contributed by atoms with van der Waals surface area (Å²) in [4.78, 5) is 12.2. The third kappa shape index (κ3) is 2.31. The molecule has 0 saturated heterocycles. The molecule has 4 heterocycles. The number of anilines is 2. The van der Waals surface area contributed by atoms with Crippen LogP contribution in [0.4, 0.5) is 11.6 Å². The summed E-state index contributed by atoms with van der Waals surface area (Å²) in [5, 5.41) is 13.1. The maximum atomic E-state index is 4.59. The quantitative estimate of drug-likeness (QED) is 0.531. The first-order chi connectivity index (χ1) is 12.3. The predicted molar refractivity (Wildman–Crippen MR) is 94.6 cm³/mol. The van der Waals surface area contributed by atoms with Gasteiger partial charge in [0.1, 0.15) is 5.69 Å². The van der Waals surface area contributed by atoms with Crippen molar-refractivity contribution in [3.05, 3.63) is 55.2 Å². The highest BCUT2D eigenvalue weighted by Crippen LogP contribution is 2.23. The Hall–Kier alpha value is -3.68. The molecule has 0 bridgehead atoms. The summed E-state index contributed by atoms with van der Waals surface area (Å²) in [7, 11) is 1.87. The number of aromatic nitrogens is 7. The molecule has 0 unspecified atom stereocenters. The minimum Gasteiger partial charge on any atom is -0.361 e. The van der Waals surface area contributed by atoms with Crippen molar-refractivity contribution in [2.75, 3.05) is 5.32 Å². The van der Waals surface area contributed by atoms with E-state index in [4.69, 9.17) is 0 Å². The summed E-state index contributed by atoms with van der Waals surface area (Å²) in [5.41, 5.74) is 4.31. The second kappa shape index (κ2) is 5.17. The predicted octanol–water partition coefficient (Wildman–Crippen LogP) is 2.75. The SMILES string of the molecule is Cn1cc(-c2nccn3nc(Nc4ccc5cc[nH]c5c4)nc23)cn1. The van der Waals surface area contributed by atoms with Crippen molar-refractivity contribution in [2.24, 2.45) is 7.05 Å². The van der Waals surface area contributed by atoms with E-state index < -0.39 is 0 Å². The molecule has 0 saturated carbocycles. The molecule has 2 N–H and O–H groups in total. The Morgan fingerprint density at radius 2 is 2.16 bits per heavy atom. The molecule has 0 aliphatic rings. The molecule has 4 aromatic heterocycles. The van der Waals surface area contributed by atoms with Crippen LogP contribution in [0, 0.1) is 0 Å². The van der Waals surface area contributed by atoms with E-state index in [0.29, 0.717) is 11.6 Å². The van der Waals surface area contributed by atoms with Gasteiger partial charge in [-0.2, -0.15) is 10.1 Å². The minimum absolute atomic E-state index is 0.518. The van der Waals surface area contributed by atoms with Crippen LogP contribution < -0.4 is 5.32 Å². The molecule has 8 nitrogen and oxygen atoms in total. The molecular formula is C17H14N8. The van der Waals surface area contributed by atoms with E-state index in [9.17, 15) is 0 Å². The Bertz CT molecular complexity index is 1200. The topological polar surface area (TPSA) is 88.7 Å². The lowest BCUT2D eigenvalue weighted by molar-refractivity contribution is 0.768. The highest BCUT2D eigenvalue weighted by Gasteiger charge is 2.12. The number of rotatable bonds is 3. The van der Waals surface area contributed by atoms with Gasteiger partial charge in [0.2, 0.25) is 5.95 Å². The van der Waals surface area contributed by atoms with Crippen molar-refractivity contribution < 1.29 is 0 Å². The van der Waals surface area contributed by atoms with Crippen molar-refractivity contribution in [2.45, 2.75) is 0 Å². The first-order valence-electron chi connectivity index (χ1n) is 7.81. The van der Waals surface area contributed by atoms with Crippen LogP contribution in [0.3, 0.4) is 0 Å². The molecule has 0 radical (unpaired) electrons. The summed E-state index contributed by atoms with van der Waals surface area (Å²) < 4.78 is 3.45. The fourth-order valence-corrected chi connectivity index (χ4v) is 2.87. The molecule has 5 aromatic rings. The zero-order valence-corrected chi connectivity index (χ0v) is 13.4. The average Bonchev–Trinajstić information content (AvgIpc) is 3.32. The zero-order chi connectivity index (χ0) is 16.8. The van der Waals surface area contributed by atoms with E-state index in [1.54, 1.807) is 27.8 Å². The molecule has 0 aliphatic heterocycles. The highest BCUT2D eigenvalue weighted by atomic mass is 15.4. The van der Waals surface area contributed by atoms with Gasteiger partial charge in [-0.15, -0.1) is 5.10 Å². The molecule has 25 heavy (non-hydrogen) atoms. The van der Waals surface area contributed by atoms with E-state index in [2.05, 4.69) is 30.5 Å². The fraction of sp³-hybridized carbons (Fsp3) is 0.0588. The van der Waals surface area contributed by atoms with Gasteiger partial charge in [0, 0.05) is 48.6 Å². The van der Waals surface area contributed by atoms with Crippen LogP contribution in [0.25, 0.3) is 27.8 Å². The van der Waals surface area contributed by atoms with Crippen LogP contribution in [0.15, 0.2) is 55.2 Å². The summed E-state index contributed by atoms with van der Waals surface area (Å²) >= 11 is 0. The number of fused-ring (bicyclic) bond motifs is 2. The van der Waals surface area contributed by atoms with Crippen LogP contribution in [-0.2, 0) is 7.05 Å². The van der Waals surface area contributed by atoms with Crippen molar-refractivity contribution in [1.29, 1.82) is 0 Å². The van der Waals surface area contributed by atoms with Crippen molar-refractivity contribution in [3.63, 3.8) is 0 Å². The van der Waals surface area contributed by atoms with Gasteiger partial charge in [0.05, 0.1) is 6.20 Å². The fourth-order valence-electron chi connectivity index (χ4n) is 2.87. The van der Waals surface area contributed by atoms with Crippen molar-refractivity contribution >= 4 is 28.2 Å². The first kappa shape index (κ1) is 13.7. The molecule has 8 heteroatoms. The maximum Gasteiger partial charge on any atom is 0.247 e. The van der Waals surface area contributed by atoms with Crippen LogP contribution in [0.5, 0.6) is 0 Å². The summed E-state index contributed by atoms with van der Waals surface area (Å²) in [5.74, 6) is 0.518. The van der Waals surface area contributed by atoms with Crippen molar-refractivity contribution in [1.82, 2.24) is 34.3 Å². The number of aromatic amines is 1. The summed E-state index contributed by atoms with van der Waals surface area (Å²) in [6.07, 6.45) is 9.08. The number of nitrogens with one attached hydrogen (secondary N) is 2. The van der Waals surface area contributed by atoms with E-state index in [0.717, 1.165) is 27.8 Å². The largest absolute Gasteiger partial charge is 0.361 e. The highest BCUT2D eigenvalue weighted by molar-refractivity contribution is 5.83. The van der Waals surface area contributed by atoms with E-state index in [-0.39, 0.29) is 0 Å². The average molecular weight is 330 g/mol. The van der Waals surface area contributed by atoms with Gasteiger partial charge in [-0.05, 0) is 23.6 Å². The van der Waals surface area contributed by atoms with Crippen LogP contribution in [-0.4, -0.2) is 34.3 Å². The Morgan fingerprint density at radius 1 is 1.20 bits per heavy atom. The number of nitrogens with zero attached hydrogens (tertiary/aromatic N) is 6. The molecule has 5 rings (SSSR count). The molecule has 0 spiro atoms. The second-order valence-corrected chi connectivity index (χ2v) is 5.79. The van der Waals surface area contributed by atoms with Gasteiger partial charge in [0.15, 0.2) is 5.65 Å². The molecule has 0 amide bonds. The monoisotopic (exact) mass is 330 g/mol. The van der Waals surface area contributed by atoms with Gasteiger partial charge in [-0.3, -0.25) is 9.67 Å². The molecular weight excluding hydrogens is 316 g/mol. The summed E-state index contributed by atoms with van der Waals surface area (Å²) in [6.45, 7) is 0. The van der Waals surface area contributed by atoms with E-state index in [1.165, 1.54) is 0 Å². The molecule has 0 aliphatic carbocycles. The molecule has 1 aromatic carbocycles. The van der Waals surface area contributed by atoms with Crippen LogP contribution >= 0.6 is 0 Å². The smallest absolute Gasteiger partial charge is 0.247 e. The zero-order valence-electron chi connectivity index (χ0n) is 13.4. The van der Waals surface area contributed by atoms with Gasteiger partial charge in [-0.25, -0.2) is 4.52 Å². The summed E-state index contributed by atoms with van der Waals surface area (Å²) in [6, 6.07) is 8.12. The number of hydrogen-bond donors (Lipinski definition) is 2. The Labute approximate surface area is 142 Å². The standard InChI is InChI=1S/C17H14N8/c1-24-10-12(9-20-24)15-16-22-17(23-25(16)7-6-19-15)21-13-3-2-11-4-5-18-14(11)8-13/h2-10,18H,1H3,(H,21,23). The van der Waals surface area contributed by atoms with Gasteiger partial charge >= 0.3 is 0 Å². The minimum atomic E-state index is 0.518. The Morgan fingerprint density at radius 3 is 3.04 bits per heavy atom. The lowest BCUT2D eigenvalue weighted by Crippen LogP contribution is -1.93. The van der Waals surface area contributed by atoms with Gasteiger partial charge in [-0.1, -0.05) is 6.07 Å². The van der Waals surface area contributed by atoms with Crippen LogP contribution in [0.1, 0.15) is 0 Å². The lowest BCUT2D eigenvalue weighted by Gasteiger charge is -2.01. The number of hydrogen-bond acceptors (Lipinski definition) is 5. The number of aryl methyl sites for hydroxylation is 1. The number of H-pyrrole nitrogens is 1. The Balaban J connectivity index is 1.56. The van der Waals surface area contributed by atoms with E-state index >= 15 is 0 Å². The second-order valence-electron chi connectivity index (χ2n) is 5.79. The van der Waals surface area contributed by atoms with E-state index in [1.807, 2.05) is 43.7 Å². The molecule has 122 valence electrons. The Kier molecular flexibility index (Phi) is 2.84. The third-order valence-electron chi connectivity index (χ3n) is 4.04. The molecule has 0 atom stereocenters. The van der Waals surface area contributed by atoms with Gasteiger partial charge < -0.3 is 10.3 Å². The van der Waals surface area contributed by atoms with Gasteiger partial charge in [0.25, 0.3) is 0 Å². The lowest BCUT2D eigenvalue weighted by atomic mass is 10.2. The number of benzene rings is 1. The van der Waals surface area contributed by atoms with Crippen LogP contribution in [0.2, 0.25) is 0 Å². The normalized spacial score (nSPS) is 11.4. The third-order valence-corrected chi connectivity index (χ3v) is 4.04. The van der Waals surface area contributed by atoms with Crippen molar-refractivity contribution in [3.8, 4) is 11.3 Å². The maximum absolute atomic E-state index is 4.59. The first-order valence-corrected chi connectivity index (χ1v) is 7.81.